The number of aromatic nitrogens is 2. The maximum atomic E-state index is 12.6. The molecule has 6 nitrogen and oxygen atoms in total. The molecule has 0 aromatic carbocycles. The summed E-state index contributed by atoms with van der Waals surface area (Å²) >= 11 is 1.51. The summed E-state index contributed by atoms with van der Waals surface area (Å²) < 4.78 is 11.2. The van der Waals surface area contributed by atoms with Crippen LogP contribution in [0.25, 0.3) is 0 Å². The summed E-state index contributed by atoms with van der Waals surface area (Å²) in [7, 11) is 0. The highest BCUT2D eigenvalue weighted by molar-refractivity contribution is 7.08. The van der Waals surface area contributed by atoms with Gasteiger partial charge >= 0.3 is 0 Å². The largest absolute Gasteiger partial charge is 0.423 e. The predicted molar refractivity (Wildman–Crippen MR) is 77.3 cm³/mol. The Morgan fingerprint density at radius 1 is 1.48 bits per heavy atom. The molecule has 1 atom stereocenters. The molecule has 3 rings (SSSR count). The van der Waals surface area contributed by atoms with Crippen LogP contribution in [0.2, 0.25) is 0 Å². The van der Waals surface area contributed by atoms with Crippen molar-refractivity contribution in [3.05, 3.63) is 34.2 Å². The van der Waals surface area contributed by atoms with Gasteiger partial charge in [0, 0.05) is 17.8 Å². The van der Waals surface area contributed by atoms with Crippen molar-refractivity contribution in [1.82, 2.24) is 15.1 Å². The fourth-order valence-corrected chi connectivity index (χ4v) is 2.85. The van der Waals surface area contributed by atoms with Crippen LogP contribution in [0.3, 0.4) is 0 Å². The molecule has 21 heavy (non-hydrogen) atoms. The van der Waals surface area contributed by atoms with E-state index < -0.39 is 0 Å². The summed E-state index contributed by atoms with van der Waals surface area (Å²) in [6.07, 6.45) is 0. The van der Waals surface area contributed by atoms with E-state index in [2.05, 4.69) is 10.2 Å². The molecule has 0 aliphatic carbocycles. The van der Waals surface area contributed by atoms with Crippen molar-refractivity contribution in [3.8, 4) is 0 Å². The standard InChI is InChI=1S/C14H17N3O3S/c1-9(2)12-15-16-13(20-12)11-7-19-5-4-17(11)14(18)10-3-6-21-8-10/h3,6,8-9,11H,4-5,7H2,1-2H3. The Labute approximate surface area is 126 Å². The normalized spacial score (nSPS) is 19.2. The van der Waals surface area contributed by atoms with Crippen LogP contribution >= 0.6 is 11.3 Å². The van der Waals surface area contributed by atoms with Gasteiger partial charge in [-0.15, -0.1) is 10.2 Å². The maximum absolute atomic E-state index is 12.6. The SMILES string of the molecule is CC(C)c1nnc(C2COCCN2C(=O)c2ccsc2)o1. The summed E-state index contributed by atoms with van der Waals surface area (Å²) in [5.41, 5.74) is 0.690. The molecule has 1 saturated heterocycles. The highest BCUT2D eigenvalue weighted by Crippen LogP contribution is 2.27. The fraction of sp³-hybridized carbons (Fsp3) is 0.500. The third kappa shape index (κ3) is 2.84. The van der Waals surface area contributed by atoms with Crippen LogP contribution in [0.4, 0.5) is 0 Å². The Hall–Kier alpha value is -1.73. The molecule has 1 amide bonds. The first kappa shape index (κ1) is 14.2. The first-order chi connectivity index (χ1) is 10.2. The van der Waals surface area contributed by atoms with E-state index in [1.165, 1.54) is 11.3 Å². The first-order valence-corrected chi connectivity index (χ1v) is 7.85. The van der Waals surface area contributed by atoms with Gasteiger partial charge < -0.3 is 14.1 Å². The van der Waals surface area contributed by atoms with Crippen molar-refractivity contribution in [2.45, 2.75) is 25.8 Å². The Morgan fingerprint density at radius 2 is 2.33 bits per heavy atom. The molecule has 2 aromatic rings. The van der Waals surface area contributed by atoms with Crippen LogP contribution in [0.15, 0.2) is 21.2 Å². The van der Waals surface area contributed by atoms with Gasteiger partial charge in [0.15, 0.2) is 0 Å². The quantitative estimate of drug-likeness (QED) is 0.871. The van der Waals surface area contributed by atoms with Crippen LogP contribution < -0.4 is 0 Å². The lowest BCUT2D eigenvalue weighted by atomic mass is 10.2. The number of morpholine rings is 1. The van der Waals surface area contributed by atoms with Crippen molar-refractivity contribution < 1.29 is 13.9 Å². The number of nitrogens with zero attached hydrogens (tertiary/aromatic N) is 3. The van der Waals surface area contributed by atoms with E-state index in [0.717, 1.165) is 0 Å². The second kappa shape index (κ2) is 5.95. The molecule has 112 valence electrons. The number of ether oxygens (including phenoxy) is 1. The first-order valence-electron chi connectivity index (χ1n) is 6.91. The molecule has 7 heteroatoms. The highest BCUT2D eigenvalue weighted by Gasteiger charge is 2.33. The summed E-state index contributed by atoms with van der Waals surface area (Å²) in [5.74, 6) is 1.17. The summed E-state index contributed by atoms with van der Waals surface area (Å²) in [6.45, 7) is 5.41. The van der Waals surface area contributed by atoms with Gasteiger partial charge in [0.25, 0.3) is 5.91 Å². The predicted octanol–water partition coefficient (Wildman–Crippen LogP) is 2.47. The Morgan fingerprint density at radius 3 is 3.00 bits per heavy atom. The smallest absolute Gasteiger partial charge is 0.255 e. The van der Waals surface area contributed by atoms with Crippen molar-refractivity contribution >= 4 is 17.2 Å². The van der Waals surface area contributed by atoms with Crippen LogP contribution in [0.1, 0.15) is 47.9 Å². The number of rotatable bonds is 3. The van der Waals surface area contributed by atoms with E-state index in [0.29, 0.717) is 37.1 Å². The van der Waals surface area contributed by atoms with E-state index >= 15 is 0 Å². The fourth-order valence-electron chi connectivity index (χ4n) is 2.22. The van der Waals surface area contributed by atoms with Crippen molar-refractivity contribution in [2.75, 3.05) is 19.8 Å². The molecule has 3 heterocycles. The third-order valence-corrected chi connectivity index (χ3v) is 4.08. The minimum Gasteiger partial charge on any atom is -0.423 e. The van der Waals surface area contributed by atoms with Gasteiger partial charge in [-0.25, -0.2) is 0 Å². The zero-order chi connectivity index (χ0) is 14.8. The number of thiophene rings is 1. The van der Waals surface area contributed by atoms with Crippen LogP contribution in [-0.2, 0) is 4.74 Å². The van der Waals surface area contributed by atoms with Gasteiger partial charge in [0.1, 0.15) is 6.04 Å². The van der Waals surface area contributed by atoms with E-state index in [-0.39, 0.29) is 17.9 Å². The zero-order valence-electron chi connectivity index (χ0n) is 12.0. The zero-order valence-corrected chi connectivity index (χ0v) is 12.8. The van der Waals surface area contributed by atoms with Gasteiger partial charge in [-0.2, -0.15) is 11.3 Å². The van der Waals surface area contributed by atoms with Crippen LogP contribution in [0.5, 0.6) is 0 Å². The second-order valence-electron chi connectivity index (χ2n) is 5.23. The van der Waals surface area contributed by atoms with Crippen molar-refractivity contribution in [2.24, 2.45) is 0 Å². The lowest BCUT2D eigenvalue weighted by molar-refractivity contribution is -0.0107. The number of hydrogen-bond acceptors (Lipinski definition) is 6. The van der Waals surface area contributed by atoms with Crippen molar-refractivity contribution in [3.63, 3.8) is 0 Å². The van der Waals surface area contributed by atoms with Gasteiger partial charge in [-0.3, -0.25) is 4.79 Å². The molecular weight excluding hydrogens is 290 g/mol. The number of amides is 1. The number of carbonyl (C=O) groups excluding carboxylic acids is 1. The molecule has 0 radical (unpaired) electrons. The topological polar surface area (TPSA) is 68.5 Å². The average Bonchev–Trinajstić information content (AvgIpc) is 3.18. The van der Waals surface area contributed by atoms with Crippen molar-refractivity contribution in [1.29, 1.82) is 0 Å². The third-order valence-electron chi connectivity index (χ3n) is 3.39. The second-order valence-corrected chi connectivity index (χ2v) is 6.01. The monoisotopic (exact) mass is 307 g/mol. The summed E-state index contributed by atoms with van der Waals surface area (Å²) in [6, 6.07) is 1.51. The van der Waals surface area contributed by atoms with E-state index in [1.54, 1.807) is 4.90 Å². The van der Waals surface area contributed by atoms with E-state index in [9.17, 15) is 4.79 Å². The Balaban J connectivity index is 1.85. The molecule has 1 fully saturated rings. The van der Waals surface area contributed by atoms with Crippen LogP contribution in [-0.4, -0.2) is 40.8 Å². The van der Waals surface area contributed by atoms with E-state index in [4.69, 9.17) is 9.15 Å². The minimum atomic E-state index is -0.314. The van der Waals surface area contributed by atoms with Gasteiger partial charge in [0.2, 0.25) is 11.8 Å². The molecular formula is C14H17N3O3S. The lowest BCUT2D eigenvalue weighted by Crippen LogP contribution is -2.43. The average molecular weight is 307 g/mol. The van der Waals surface area contributed by atoms with Crippen LogP contribution in [0, 0.1) is 0 Å². The highest BCUT2D eigenvalue weighted by atomic mass is 32.1. The molecule has 0 saturated carbocycles. The maximum Gasteiger partial charge on any atom is 0.255 e. The molecule has 1 unspecified atom stereocenters. The lowest BCUT2D eigenvalue weighted by Gasteiger charge is -2.33. The van der Waals surface area contributed by atoms with E-state index in [1.807, 2.05) is 30.7 Å². The molecule has 2 aromatic heterocycles. The molecule has 1 aliphatic rings. The van der Waals surface area contributed by atoms with Gasteiger partial charge in [-0.05, 0) is 11.4 Å². The Kier molecular flexibility index (Phi) is 4.03. The molecule has 0 spiro atoms. The molecule has 1 aliphatic heterocycles. The van der Waals surface area contributed by atoms with Gasteiger partial charge in [-0.1, -0.05) is 13.8 Å². The molecule has 0 bridgehead atoms. The number of carbonyl (C=O) groups is 1. The minimum absolute atomic E-state index is 0.0196. The summed E-state index contributed by atoms with van der Waals surface area (Å²) in [5, 5.41) is 11.9. The Bertz CT molecular complexity index is 609. The van der Waals surface area contributed by atoms with Gasteiger partial charge in [0.05, 0.1) is 18.8 Å². The summed E-state index contributed by atoms with van der Waals surface area (Å²) in [4.78, 5) is 14.3. The molecule has 0 N–H and O–H groups in total. The number of hydrogen-bond donors (Lipinski definition) is 0.